The first-order valence-corrected chi connectivity index (χ1v) is 14.1. The van der Waals surface area contributed by atoms with Crippen molar-refractivity contribution in [3.8, 4) is 11.1 Å². The average Bonchev–Trinajstić information content (AvgIpc) is 2.94. The van der Waals surface area contributed by atoms with Gasteiger partial charge in [-0.25, -0.2) is 4.79 Å². The van der Waals surface area contributed by atoms with Crippen molar-refractivity contribution in [3.63, 3.8) is 0 Å². The van der Waals surface area contributed by atoms with Crippen molar-refractivity contribution in [1.29, 1.82) is 0 Å². The van der Waals surface area contributed by atoms with E-state index >= 15 is 0 Å². The monoisotopic (exact) mass is 549 g/mol. The molecule has 5 aromatic rings. The molecule has 0 bridgehead atoms. The van der Waals surface area contributed by atoms with Gasteiger partial charge in [0.1, 0.15) is 11.2 Å². The van der Waals surface area contributed by atoms with Gasteiger partial charge in [-0.05, 0) is 72.7 Å². The van der Waals surface area contributed by atoms with Crippen LogP contribution >= 0.6 is 11.8 Å². The topological polar surface area (TPSA) is 70.8 Å². The van der Waals surface area contributed by atoms with Gasteiger partial charge in [-0.15, -0.1) is 0 Å². The molecule has 0 saturated heterocycles. The fourth-order valence-corrected chi connectivity index (χ4v) is 6.16. The molecule has 6 rings (SSSR count). The summed E-state index contributed by atoms with van der Waals surface area (Å²) in [4.78, 5) is 27.7. The molecule has 1 N–H and O–H groups in total. The van der Waals surface area contributed by atoms with E-state index in [0.717, 1.165) is 43.3 Å². The van der Waals surface area contributed by atoms with Crippen LogP contribution in [-0.4, -0.2) is 23.7 Å². The van der Waals surface area contributed by atoms with Crippen LogP contribution in [0.15, 0.2) is 94.0 Å². The van der Waals surface area contributed by atoms with Crippen LogP contribution in [0.2, 0.25) is 0 Å². The lowest BCUT2D eigenvalue weighted by Gasteiger charge is -2.40. The third kappa shape index (κ3) is 4.38. The minimum atomic E-state index is -0.998. The highest BCUT2D eigenvalue weighted by molar-refractivity contribution is 8.10. The van der Waals surface area contributed by atoms with E-state index < -0.39 is 5.97 Å². The summed E-state index contributed by atoms with van der Waals surface area (Å²) in [7, 11) is 2.06. The van der Waals surface area contributed by atoms with E-state index in [0.29, 0.717) is 16.7 Å². The molecular weight excluding hydrogens is 518 g/mol. The number of fused-ring (bicyclic) bond motifs is 5. The summed E-state index contributed by atoms with van der Waals surface area (Å²) in [6.45, 7) is 12.2. The zero-order valence-corrected chi connectivity index (χ0v) is 24.1. The van der Waals surface area contributed by atoms with Crippen LogP contribution in [0.1, 0.15) is 43.6 Å². The van der Waals surface area contributed by atoms with Crippen molar-refractivity contribution < 1.29 is 14.3 Å². The second-order valence-corrected chi connectivity index (χ2v) is 11.0. The summed E-state index contributed by atoms with van der Waals surface area (Å²) < 4.78 is 6.62. The van der Waals surface area contributed by atoms with Gasteiger partial charge in [-0.1, -0.05) is 56.5 Å². The molecule has 6 heteroatoms. The number of aromatic carboxylic acids is 1. The third-order valence-electron chi connectivity index (χ3n) is 7.40. The smallest absolute Gasteiger partial charge is 0.336 e. The molecule has 2 heterocycles. The molecule has 0 unspecified atom stereocenters. The number of nitrogens with zero attached hydrogens (tertiary/aromatic N) is 1. The number of carboxylic acids is 1. The Kier molecular flexibility index (Phi) is 7.06. The quantitative estimate of drug-likeness (QED) is 0.178. The lowest BCUT2D eigenvalue weighted by atomic mass is 9.89. The number of benzene rings is 4. The molecule has 1 aliphatic heterocycles. The molecule has 40 heavy (non-hydrogen) atoms. The molecule has 0 radical (unpaired) electrons. The molecule has 4 aromatic carbocycles. The SMILES string of the molecule is C=CSC1=CC(C)(C)N(C)c2cc3oc4c(ccc5cc(=O)ccc54)c(-c4ccccc4C(=O)O)c3cc21.CC. The van der Waals surface area contributed by atoms with Crippen molar-refractivity contribution in [1.82, 2.24) is 0 Å². The van der Waals surface area contributed by atoms with E-state index in [1.165, 1.54) is 6.07 Å². The van der Waals surface area contributed by atoms with Gasteiger partial charge in [-0.3, -0.25) is 4.79 Å². The Morgan fingerprint density at radius 3 is 2.42 bits per heavy atom. The number of hydrogen-bond donors (Lipinski definition) is 1. The summed E-state index contributed by atoms with van der Waals surface area (Å²) >= 11 is 1.57. The minimum Gasteiger partial charge on any atom is -0.478 e. The summed E-state index contributed by atoms with van der Waals surface area (Å²) in [5.41, 5.74) is 4.58. The number of rotatable bonds is 4. The predicted octanol–water partition coefficient (Wildman–Crippen LogP) is 8.94. The highest BCUT2D eigenvalue weighted by Crippen LogP contribution is 2.48. The van der Waals surface area contributed by atoms with Crippen molar-refractivity contribution >= 4 is 61.0 Å². The van der Waals surface area contributed by atoms with Crippen LogP contribution < -0.4 is 10.3 Å². The third-order valence-corrected chi connectivity index (χ3v) is 8.16. The minimum absolute atomic E-state index is 0.0777. The van der Waals surface area contributed by atoms with Crippen molar-refractivity contribution in [2.75, 3.05) is 11.9 Å². The van der Waals surface area contributed by atoms with Gasteiger partial charge < -0.3 is 14.4 Å². The van der Waals surface area contributed by atoms with Gasteiger partial charge in [0.25, 0.3) is 0 Å². The van der Waals surface area contributed by atoms with Crippen LogP contribution in [0.3, 0.4) is 0 Å². The standard InChI is InChI=1S/C32H25NO4S.C2H6/c1-5-38-28-17-32(2,3)33(4)26-16-27-25(15-24(26)28)29(21-8-6-7-9-22(21)31(35)36)23-12-10-18-14-19(34)11-13-20(18)30(23)37-27;1-2/h5-17H,1H2,2-4H3,(H,35,36);1-2H3. The Hall–Kier alpha value is -4.29. The summed E-state index contributed by atoms with van der Waals surface area (Å²) in [6, 6.07) is 19.9. The molecule has 5 nitrogen and oxygen atoms in total. The van der Waals surface area contributed by atoms with Crippen molar-refractivity contribution in [3.05, 3.63) is 106 Å². The predicted molar refractivity (Wildman–Crippen MR) is 169 cm³/mol. The maximum atomic E-state index is 12.3. The lowest BCUT2D eigenvalue weighted by molar-refractivity contribution is 0.0697. The number of likely N-dealkylation sites (N-methyl/N-ethyl adjacent to an activating group) is 1. The first-order chi connectivity index (χ1) is 19.2. The van der Waals surface area contributed by atoms with E-state index in [-0.39, 0.29) is 16.5 Å². The van der Waals surface area contributed by atoms with Crippen molar-refractivity contribution in [2.24, 2.45) is 0 Å². The number of carbonyl (C=O) groups is 1. The Balaban J connectivity index is 0.00000158. The van der Waals surface area contributed by atoms with Crippen molar-refractivity contribution in [2.45, 2.75) is 33.2 Å². The molecule has 0 aliphatic carbocycles. The van der Waals surface area contributed by atoms with Gasteiger partial charge in [0.05, 0.1) is 11.1 Å². The van der Waals surface area contributed by atoms with Crippen LogP contribution in [0.4, 0.5) is 5.69 Å². The van der Waals surface area contributed by atoms with Crippen LogP contribution in [0.5, 0.6) is 0 Å². The summed E-state index contributed by atoms with van der Waals surface area (Å²) in [5, 5.41) is 15.1. The second kappa shape index (κ2) is 10.4. The highest BCUT2D eigenvalue weighted by atomic mass is 32.2. The molecule has 0 spiro atoms. The number of anilines is 1. The van der Waals surface area contributed by atoms with E-state index in [2.05, 4.69) is 44.5 Å². The fourth-order valence-electron chi connectivity index (χ4n) is 5.34. The molecule has 0 amide bonds. The van der Waals surface area contributed by atoms with E-state index in [1.807, 2.05) is 49.6 Å². The number of thioether (sulfide) groups is 1. The Morgan fingerprint density at radius 1 is 0.975 bits per heavy atom. The van der Waals surface area contributed by atoms with Crippen LogP contribution in [0.25, 0.3) is 48.7 Å². The first-order valence-electron chi connectivity index (χ1n) is 13.2. The lowest BCUT2D eigenvalue weighted by Crippen LogP contribution is -2.41. The average molecular weight is 550 g/mol. The maximum absolute atomic E-state index is 12.3. The summed E-state index contributed by atoms with van der Waals surface area (Å²) in [6.07, 6.45) is 2.23. The second-order valence-electron chi connectivity index (χ2n) is 10.0. The highest BCUT2D eigenvalue weighted by Gasteiger charge is 2.31. The zero-order valence-electron chi connectivity index (χ0n) is 23.2. The molecule has 1 aromatic heterocycles. The van der Waals surface area contributed by atoms with Gasteiger partial charge in [-0.2, -0.15) is 0 Å². The van der Waals surface area contributed by atoms with E-state index in [4.69, 9.17) is 4.42 Å². The molecule has 202 valence electrons. The molecule has 1 aliphatic rings. The largest absolute Gasteiger partial charge is 0.478 e. The normalized spacial score (nSPS) is 13.9. The zero-order chi connectivity index (χ0) is 28.8. The maximum Gasteiger partial charge on any atom is 0.336 e. The van der Waals surface area contributed by atoms with Gasteiger partial charge in [0, 0.05) is 51.0 Å². The van der Waals surface area contributed by atoms with E-state index in [9.17, 15) is 14.7 Å². The molecule has 0 atom stereocenters. The Bertz CT molecular complexity index is 1920. The molecule has 0 fully saturated rings. The van der Waals surface area contributed by atoms with Crippen LogP contribution in [-0.2, 0) is 0 Å². The first kappa shape index (κ1) is 27.3. The fraction of sp³-hybridized carbons (Fsp3) is 0.176. The molecular formula is C34H31NO4S. The van der Waals surface area contributed by atoms with Gasteiger partial charge in [0.15, 0.2) is 5.43 Å². The van der Waals surface area contributed by atoms with E-state index in [1.54, 1.807) is 36.0 Å². The Morgan fingerprint density at radius 2 is 1.70 bits per heavy atom. The van der Waals surface area contributed by atoms with Gasteiger partial charge >= 0.3 is 5.97 Å². The Labute approximate surface area is 237 Å². The number of carboxylic acid groups (broad SMARTS) is 1. The van der Waals surface area contributed by atoms with Gasteiger partial charge in [0.2, 0.25) is 0 Å². The number of hydrogen-bond acceptors (Lipinski definition) is 5. The summed E-state index contributed by atoms with van der Waals surface area (Å²) in [5.74, 6) is -0.998. The van der Waals surface area contributed by atoms with Crippen LogP contribution in [0, 0.1) is 0 Å². The molecule has 0 saturated carbocycles.